The Morgan fingerprint density at radius 1 is 1.29 bits per heavy atom. The molecular weight excluding hydrogens is 322 g/mol. The van der Waals surface area contributed by atoms with Crippen LogP contribution in [0.15, 0.2) is 36.5 Å². The average Bonchev–Trinajstić information content (AvgIpc) is 3.08. The lowest BCUT2D eigenvalue weighted by molar-refractivity contribution is -0.133. The minimum Gasteiger partial charge on any atom is -0.340 e. The standard InChI is InChI=1S/C19H22ClN3O/c1-12-18(20)11-23(21-12)13(2)19(24)22-9-15-8-16(17(15)10-22)14-6-4-3-5-7-14/h3-7,11,13,15-17H,8-10H2,1-2H3/t13?,15-,16-,17+/m0/s1. The predicted molar refractivity (Wildman–Crippen MR) is 94.0 cm³/mol. The fourth-order valence-electron chi connectivity index (χ4n) is 4.21. The Morgan fingerprint density at radius 2 is 2.04 bits per heavy atom. The van der Waals surface area contributed by atoms with Crippen molar-refractivity contribution in [3.63, 3.8) is 0 Å². The highest BCUT2D eigenvalue weighted by atomic mass is 35.5. The van der Waals surface area contributed by atoms with Gasteiger partial charge in [0.15, 0.2) is 0 Å². The molecule has 1 aromatic heterocycles. The van der Waals surface area contributed by atoms with E-state index in [1.54, 1.807) is 10.9 Å². The Labute approximate surface area is 147 Å². The van der Waals surface area contributed by atoms with Crippen LogP contribution in [0.5, 0.6) is 0 Å². The van der Waals surface area contributed by atoms with E-state index >= 15 is 0 Å². The first-order chi connectivity index (χ1) is 11.5. The number of aromatic nitrogens is 2. The number of nitrogens with zero attached hydrogens (tertiary/aromatic N) is 3. The van der Waals surface area contributed by atoms with Crippen molar-refractivity contribution in [1.29, 1.82) is 0 Å². The number of hydrogen-bond acceptors (Lipinski definition) is 2. The quantitative estimate of drug-likeness (QED) is 0.852. The Kier molecular flexibility index (Phi) is 3.87. The van der Waals surface area contributed by atoms with Crippen LogP contribution in [-0.2, 0) is 4.79 Å². The van der Waals surface area contributed by atoms with Crippen LogP contribution >= 0.6 is 11.6 Å². The third kappa shape index (κ3) is 2.53. The molecule has 24 heavy (non-hydrogen) atoms. The minimum atomic E-state index is -0.302. The van der Waals surface area contributed by atoms with E-state index in [9.17, 15) is 4.79 Å². The van der Waals surface area contributed by atoms with Crippen LogP contribution in [0, 0.1) is 18.8 Å². The largest absolute Gasteiger partial charge is 0.340 e. The number of amides is 1. The van der Waals surface area contributed by atoms with Gasteiger partial charge in [0.1, 0.15) is 6.04 Å². The Balaban J connectivity index is 1.44. The maximum absolute atomic E-state index is 12.9. The van der Waals surface area contributed by atoms with Crippen LogP contribution in [0.2, 0.25) is 5.02 Å². The van der Waals surface area contributed by atoms with Gasteiger partial charge in [-0.1, -0.05) is 41.9 Å². The third-order valence-electron chi connectivity index (χ3n) is 5.72. The topological polar surface area (TPSA) is 38.1 Å². The summed E-state index contributed by atoms with van der Waals surface area (Å²) in [6.45, 7) is 5.50. The third-order valence-corrected chi connectivity index (χ3v) is 6.09. The van der Waals surface area contributed by atoms with E-state index < -0.39 is 0 Å². The molecule has 1 amide bonds. The summed E-state index contributed by atoms with van der Waals surface area (Å²) in [5.74, 6) is 2.00. The number of fused-ring (bicyclic) bond motifs is 1. The summed E-state index contributed by atoms with van der Waals surface area (Å²) in [7, 11) is 0. The van der Waals surface area contributed by atoms with Crippen LogP contribution in [0.4, 0.5) is 0 Å². The molecule has 0 N–H and O–H groups in total. The van der Waals surface area contributed by atoms with Gasteiger partial charge in [0.2, 0.25) is 5.91 Å². The number of carbonyl (C=O) groups excluding carboxylic acids is 1. The molecular formula is C19H22ClN3O. The molecule has 0 bridgehead atoms. The van der Waals surface area contributed by atoms with Crippen molar-refractivity contribution in [3.8, 4) is 0 Å². The van der Waals surface area contributed by atoms with E-state index in [0.29, 0.717) is 22.8 Å². The lowest BCUT2D eigenvalue weighted by Gasteiger charge is -2.39. The van der Waals surface area contributed by atoms with Gasteiger partial charge in [-0.05, 0) is 43.6 Å². The first-order valence-electron chi connectivity index (χ1n) is 8.59. The molecule has 4 rings (SSSR count). The van der Waals surface area contributed by atoms with Gasteiger partial charge in [-0.2, -0.15) is 5.10 Å². The Morgan fingerprint density at radius 3 is 2.71 bits per heavy atom. The summed E-state index contributed by atoms with van der Waals surface area (Å²) in [6.07, 6.45) is 2.94. The molecule has 0 radical (unpaired) electrons. The van der Waals surface area contributed by atoms with Gasteiger partial charge in [0, 0.05) is 19.3 Å². The summed E-state index contributed by atoms with van der Waals surface area (Å²) >= 11 is 6.07. The predicted octanol–water partition coefficient (Wildman–Crippen LogP) is 3.67. The summed E-state index contributed by atoms with van der Waals surface area (Å²) in [6, 6.07) is 10.4. The van der Waals surface area contributed by atoms with Crippen LogP contribution in [-0.4, -0.2) is 33.7 Å². The second-order valence-electron chi connectivity index (χ2n) is 7.14. The number of aryl methyl sites for hydroxylation is 1. The number of halogens is 1. The zero-order valence-electron chi connectivity index (χ0n) is 14.0. The van der Waals surface area contributed by atoms with Crippen molar-refractivity contribution in [2.24, 2.45) is 11.8 Å². The van der Waals surface area contributed by atoms with Crippen molar-refractivity contribution in [3.05, 3.63) is 52.8 Å². The number of likely N-dealkylation sites (tertiary alicyclic amines) is 1. The molecule has 2 fully saturated rings. The molecule has 2 aromatic rings. The molecule has 1 aliphatic heterocycles. The Hall–Kier alpha value is -1.81. The molecule has 4 atom stereocenters. The van der Waals surface area contributed by atoms with Crippen LogP contribution < -0.4 is 0 Å². The van der Waals surface area contributed by atoms with Gasteiger partial charge in [-0.3, -0.25) is 9.48 Å². The van der Waals surface area contributed by atoms with Crippen molar-refractivity contribution in [2.45, 2.75) is 32.2 Å². The van der Waals surface area contributed by atoms with Crippen LogP contribution in [0.1, 0.15) is 36.6 Å². The smallest absolute Gasteiger partial charge is 0.247 e. The number of carbonyl (C=O) groups is 1. The minimum absolute atomic E-state index is 0.148. The van der Waals surface area contributed by atoms with Crippen molar-refractivity contribution >= 4 is 17.5 Å². The van der Waals surface area contributed by atoms with Crippen molar-refractivity contribution in [1.82, 2.24) is 14.7 Å². The highest BCUT2D eigenvalue weighted by Gasteiger charge is 2.49. The summed E-state index contributed by atoms with van der Waals surface area (Å²) in [5.41, 5.74) is 2.18. The lowest BCUT2D eigenvalue weighted by Crippen LogP contribution is -2.35. The van der Waals surface area contributed by atoms with E-state index in [-0.39, 0.29) is 11.9 Å². The number of benzene rings is 1. The second-order valence-corrected chi connectivity index (χ2v) is 7.55. The molecule has 5 heteroatoms. The SMILES string of the molecule is Cc1nn(C(C)C(=O)N2C[C@@H]3C[C@@H](c4ccccc4)[C@@H]3C2)cc1Cl. The maximum atomic E-state index is 12.9. The van der Waals surface area contributed by atoms with E-state index in [4.69, 9.17) is 11.6 Å². The lowest BCUT2D eigenvalue weighted by atomic mass is 9.64. The molecule has 1 saturated heterocycles. The molecule has 1 saturated carbocycles. The van der Waals surface area contributed by atoms with Gasteiger partial charge in [0.05, 0.1) is 10.7 Å². The van der Waals surface area contributed by atoms with E-state index in [1.165, 1.54) is 12.0 Å². The highest BCUT2D eigenvalue weighted by Crippen LogP contribution is 2.51. The molecule has 0 spiro atoms. The molecule has 1 aliphatic carbocycles. The van der Waals surface area contributed by atoms with Gasteiger partial charge >= 0.3 is 0 Å². The van der Waals surface area contributed by atoms with Crippen molar-refractivity contribution < 1.29 is 4.79 Å². The fraction of sp³-hybridized carbons (Fsp3) is 0.474. The molecule has 2 aliphatic rings. The highest BCUT2D eigenvalue weighted by molar-refractivity contribution is 6.31. The monoisotopic (exact) mass is 343 g/mol. The van der Waals surface area contributed by atoms with Crippen LogP contribution in [0.25, 0.3) is 0 Å². The number of hydrogen-bond donors (Lipinski definition) is 0. The maximum Gasteiger partial charge on any atom is 0.247 e. The summed E-state index contributed by atoms with van der Waals surface area (Å²) < 4.78 is 1.69. The first kappa shape index (κ1) is 15.7. The molecule has 1 aromatic carbocycles. The van der Waals surface area contributed by atoms with E-state index in [2.05, 4.69) is 35.4 Å². The summed E-state index contributed by atoms with van der Waals surface area (Å²) in [5, 5.41) is 4.97. The average molecular weight is 344 g/mol. The van der Waals surface area contributed by atoms with Gasteiger partial charge < -0.3 is 4.90 Å². The molecule has 1 unspecified atom stereocenters. The number of rotatable bonds is 3. The summed E-state index contributed by atoms with van der Waals surface area (Å²) in [4.78, 5) is 14.9. The Bertz CT molecular complexity index is 738. The second kappa shape index (κ2) is 5.92. The zero-order chi connectivity index (χ0) is 16.8. The normalized spacial score (nSPS) is 26.8. The van der Waals surface area contributed by atoms with E-state index in [0.717, 1.165) is 18.8 Å². The fourth-order valence-corrected chi connectivity index (χ4v) is 4.34. The molecule has 2 heterocycles. The van der Waals surface area contributed by atoms with Gasteiger partial charge in [-0.15, -0.1) is 0 Å². The van der Waals surface area contributed by atoms with Crippen LogP contribution in [0.3, 0.4) is 0 Å². The molecule has 126 valence electrons. The van der Waals surface area contributed by atoms with E-state index in [1.807, 2.05) is 18.7 Å². The van der Waals surface area contributed by atoms with Gasteiger partial charge in [0.25, 0.3) is 0 Å². The van der Waals surface area contributed by atoms with Gasteiger partial charge in [-0.25, -0.2) is 0 Å². The van der Waals surface area contributed by atoms with Crippen molar-refractivity contribution in [2.75, 3.05) is 13.1 Å². The molecule has 4 nitrogen and oxygen atoms in total. The first-order valence-corrected chi connectivity index (χ1v) is 8.97. The zero-order valence-corrected chi connectivity index (χ0v) is 14.8.